The second-order valence-corrected chi connectivity index (χ2v) is 5.45. The Bertz CT molecular complexity index is 619. The first kappa shape index (κ1) is 12.9. The van der Waals surface area contributed by atoms with E-state index in [0.717, 1.165) is 19.5 Å². The van der Waals surface area contributed by atoms with Gasteiger partial charge in [-0.3, -0.25) is 4.79 Å². The summed E-state index contributed by atoms with van der Waals surface area (Å²) in [6, 6.07) is 16.9. The molecule has 0 unspecified atom stereocenters. The maximum atomic E-state index is 11.4. The molecule has 102 valence electrons. The molecule has 0 N–H and O–H groups in total. The average molecular weight is 265 g/mol. The van der Waals surface area contributed by atoms with Crippen molar-refractivity contribution in [3.05, 3.63) is 65.2 Å². The smallest absolute Gasteiger partial charge is 0.134 e. The molecule has 0 spiro atoms. The highest BCUT2D eigenvalue weighted by atomic mass is 16.1. The van der Waals surface area contributed by atoms with Crippen molar-refractivity contribution in [2.75, 3.05) is 11.4 Å². The first-order valence-electron chi connectivity index (χ1n) is 7.13. The van der Waals surface area contributed by atoms with Gasteiger partial charge in [-0.2, -0.15) is 0 Å². The summed E-state index contributed by atoms with van der Waals surface area (Å²) in [4.78, 5) is 13.8. The van der Waals surface area contributed by atoms with Crippen LogP contribution in [0, 0.1) is 0 Å². The lowest BCUT2D eigenvalue weighted by molar-refractivity contribution is -0.116. The zero-order valence-electron chi connectivity index (χ0n) is 11.8. The summed E-state index contributed by atoms with van der Waals surface area (Å²) in [5.74, 6) is 0.236. The van der Waals surface area contributed by atoms with E-state index < -0.39 is 0 Å². The van der Waals surface area contributed by atoms with Crippen LogP contribution in [-0.2, 0) is 24.2 Å². The molecule has 1 heterocycles. The standard InChI is InChI=1S/C18H19NO/c1-14(20)12-16-8-5-9-18-17(16)10-11-19(18)13-15-6-3-2-4-7-15/h2-9H,10-13H2,1H3. The molecular weight excluding hydrogens is 246 g/mol. The van der Waals surface area contributed by atoms with Crippen molar-refractivity contribution < 1.29 is 4.79 Å². The Morgan fingerprint density at radius 2 is 1.90 bits per heavy atom. The number of carbonyl (C=O) groups is 1. The third kappa shape index (κ3) is 2.60. The predicted molar refractivity (Wildman–Crippen MR) is 82.0 cm³/mol. The Morgan fingerprint density at radius 1 is 1.10 bits per heavy atom. The van der Waals surface area contributed by atoms with Crippen LogP contribution in [0.25, 0.3) is 0 Å². The molecule has 1 aliphatic heterocycles. The second kappa shape index (κ2) is 5.49. The van der Waals surface area contributed by atoms with Gasteiger partial charge in [0, 0.05) is 25.2 Å². The van der Waals surface area contributed by atoms with Crippen molar-refractivity contribution in [3.63, 3.8) is 0 Å². The molecular formula is C18H19NO. The third-order valence-electron chi connectivity index (χ3n) is 3.88. The number of ketones is 1. The van der Waals surface area contributed by atoms with E-state index >= 15 is 0 Å². The van der Waals surface area contributed by atoms with Crippen LogP contribution in [0.1, 0.15) is 23.6 Å². The fraction of sp³-hybridized carbons (Fsp3) is 0.278. The number of fused-ring (bicyclic) bond motifs is 1. The number of hydrogen-bond donors (Lipinski definition) is 0. The Morgan fingerprint density at radius 3 is 2.65 bits per heavy atom. The van der Waals surface area contributed by atoms with E-state index in [1.807, 2.05) is 6.07 Å². The van der Waals surface area contributed by atoms with Crippen LogP contribution in [0.15, 0.2) is 48.5 Å². The van der Waals surface area contributed by atoms with Gasteiger partial charge in [0.2, 0.25) is 0 Å². The summed E-state index contributed by atoms with van der Waals surface area (Å²) in [5.41, 5.74) is 5.19. The van der Waals surface area contributed by atoms with Crippen LogP contribution in [-0.4, -0.2) is 12.3 Å². The van der Waals surface area contributed by atoms with Crippen molar-refractivity contribution in [1.82, 2.24) is 0 Å². The molecule has 0 atom stereocenters. The highest BCUT2D eigenvalue weighted by Crippen LogP contribution is 2.32. The molecule has 2 heteroatoms. The van der Waals surface area contributed by atoms with Gasteiger partial charge in [0.05, 0.1) is 0 Å². The summed E-state index contributed by atoms with van der Waals surface area (Å²) < 4.78 is 0. The quantitative estimate of drug-likeness (QED) is 0.844. The lowest BCUT2D eigenvalue weighted by Crippen LogP contribution is -2.19. The summed E-state index contributed by atoms with van der Waals surface area (Å²) in [7, 11) is 0. The maximum absolute atomic E-state index is 11.4. The summed E-state index contributed by atoms with van der Waals surface area (Å²) >= 11 is 0. The molecule has 0 amide bonds. The summed E-state index contributed by atoms with van der Waals surface area (Å²) in [6.45, 7) is 3.65. The van der Waals surface area contributed by atoms with Crippen molar-refractivity contribution in [3.8, 4) is 0 Å². The minimum absolute atomic E-state index is 0.236. The topological polar surface area (TPSA) is 20.3 Å². The zero-order valence-corrected chi connectivity index (χ0v) is 11.8. The number of rotatable bonds is 4. The third-order valence-corrected chi connectivity index (χ3v) is 3.88. The lowest BCUT2D eigenvalue weighted by atomic mass is 10.0. The van der Waals surface area contributed by atoms with Crippen LogP contribution in [0.4, 0.5) is 5.69 Å². The molecule has 0 aliphatic carbocycles. The number of benzene rings is 2. The molecule has 0 fully saturated rings. The zero-order chi connectivity index (χ0) is 13.9. The monoisotopic (exact) mass is 265 g/mol. The normalized spacial score (nSPS) is 13.3. The highest BCUT2D eigenvalue weighted by molar-refractivity contribution is 5.79. The van der Waals surface area contributed by atoms with Crippen LogP contribution < -0.4 is 4.90 Å². The molecule has 0 saturated carbocycles. The van der Waals surface area contributed by atoms with Gasteiger partial charge in [-0.15, -0.1) is 0 Å². The SMILES string of the molecule is CC(=O)Cc1cccc2c1CCN2Cc1ccccc1. The minimum Gasteiger partial charge on any atom is -0.367 e. The molecule has 1 aliphatic rings. The Hall–Kier alpha value is -2.09. The Balaban J connectivity index is 1.85. The number of carbonyl (C=O) groups excluding carboxylic acids is 1. The van der Waals surface area contributed by atoms with Crippen molar-refractivity contribution >= 4 is 11.5 Å². The molecule has 2 aromatic rings. The molecule has 20 heavy (non-hydrogen) atoms. The van der Waals surface area contributed by atoms with E-state index in [0.29, 0.717) is 6.42 Å². The van der Waals surface area contributed by atoms with Gasteiger partial charge in [0.25, 0.3) is 0 Å². The lowest BCUT2D eigenvalue weighted by Gasteiger charge is -2.20. The van der Waals surface area contributed by atoms with Crippen molar-refractivity contribution in [2.24, 2.45) is 0 Å². The number of Topliss-reactive ketones (excluding diaryl/α,β-unsaturated/α-hetero) is 1. The fourth-order valence-corrected chi connectivity index (χ4v) is 2.98. The van der Waals surface area contributed by atoms with Gasteiger partial charge >= 0.3 is 0 Å². The van der Waals surface area contributed by atoms with E-state index in [2.05, 4.69) is 47.4 Å². The summed E-state index contributed by atoms with van der Waals surface area (Å²) in [6.07, 6.45) is 1.61. The maximum Gasteiger partial charge on any atom is 0.134 e. The van der Waals surface area contributed by atoms with Crippen LogP contribution in [0.2, 0.25) is 0 Å². The largest absolute Gasteiger partial charge is 0.367 e. The van der Waals surface area contributed by atoms with E-state index in [1.54, 1.807) is 6.92 Å². The fourth-order valence-electron chi connectivity index (χ4n) is 2.98. The van der Waals surface area contributed by atoms with E-state index in [9.17, 15) is 4.79 Å². The molecule has 0 radical (unpaired) electrons. The van der Waals surface area contributed by atoms with E-state index in [1.165, 1.54) is 22.4 Å². The van der Waals surface area contributed by atoms with Gasteiger partial charge in [-0.25, -0.2) is 0 Å². The first-order valence-corrected chi connectivity index (χ1v) is 7.13. The van der Waals surface area contributed by atoms with Crippen LogP contribution in [0.3, 0.4) is 0 Å². The first-order chi connectivity index (χ1) is 9.74. The summed E-state index contributed by atoms with van der Waals surface area (Å²) in [5, 5.41) is 0. The van der Waals surface area contributed by atoms with Crippen LogP contribution in [0.5, 0.6) is 0 Å². The van der Waals surface area contributed by atoms with E-state index in [4.69, 9.17) is 0 Å². The molecule has 2 nitrogen and oxygen atoms in total. The molecule has 0 bridgehead atoms. The second-order valence-electron chi connectivity index (χ2n) is 5.45. The van der Waals surface area contributed by atoms with Gasteiger partial charge in [0.1, 0.15) is 5.78 Å². The number of anilines is 1. The minimum atomic E-state index is 0.236. The van der Waals surface area contributed by atoms with Gasteiger partial charge in [-0.05, 0) is 36.1 Å². The predicted octanol–water partition coefficient (Wildman–Crippen LogP) is 3.38. The Labute approximate surface area is 120 Å². The van der Waals surface area contributed by atoms with Gasteiger partial charge in [0.15, 0.2) is 0 Å². The highest BCUT2D eigenvalue weighted by Gasteiger charge is 2.21. The van der Waals surface area contributed by atoms with Crippen LogP contribution >= 0.6 is 0 Å². The van der Waals surface area contributed by atoms with Crippen molar-refractivity contribution in [1.29, 1.82) is 0 Å². The molecule has 0 saturated heterocycles. The Kier molecular flexibility index (Phi) is 3.55. The molecule has 0 aromatic heterocycles. The van der Waals surface area contributed by atoms with E-state index in [-0.39, 0.29) is 5.78 Å². The number of nitrogens with zero attached hydrogens (tertiary/aromatic N) is 1. The average Bonchev–Trinajstić information content (AvgIpc) is 2.84. The number of hydrogen-bond acceptors (Lipinski definition) is 2. The molecule has 2 aromatic carbocycles. The van der Waals surface area contributed by atoms with Gasteiger partial charge in [-0.1, -0.05) is 42.5 Å². The van der Waals surface area contributed by atoms with Gasteiger partial charge < -0.3 is 4.90 Å². The molecule has 3 rings (SSSR count). The van der Waals surface area contributed by atoms with Crippen molar-refractivity contribution in [2.45, 2.75) is 26.3 Å².